The molecule has 0 radical (unpaired) electrons. The van der Waals surface area contributed by atoms with Crippen LogP contribution in [-0.4, -0.2) is 33.0 Å². The van der Waals surface area contributed by atoms with E-state index in [9.17, 15) is 0 Å². The van der Waals surface area contributed by atoms with Crippen molar-refractivity contribution in [3.05, 3.63) is 47.8 Å². The van der Waals surface area contributed by atoms with E-state index in [0.29, 0.717) is 0 Å². The Balaban J connectivity index is 1.49. The summed E-state index contributed by atoms with van der Waals surface area (Å²) in [7, 11) is 0. The second-order valence-corrected chi connectivity index (χ2v) is 6.02. The molecule has 21 heavy (non-hydrogen) atoms. The van der Waals surface area contributed by atoms with Crippen molar-refractivity contribution in [2.75, 3.05) is 13.1 Å². The molecule has 0 saturated carbocycles. The normalized spacial score (nSPS) is 17.2. The summed E-state index contributed by atoms with van der Waals surface area (Å²) in [5, 5.41) is 7.95. The summed E-state index contributed by atoms with van der Waals surface area (Å²) in [4.78, 5) is 2.58. The van der Waals surface area contributed by atoms with Gasteiger partial charge in [0.05, 0.1) is 6.20 Å². The Bertz CT molecular complexity index is 542. The summed E-state index contributed by atoms with van der Waals surface area (Å²) >= 11 is 0. The number of nitrogens with zero attached hydrogens (tertiary/aromatic N) is 4. The third-order valence-corrected chi connectivity index (χ3v) is 4.43. The molecule has 0 atom stereocenters. The fraction of sp³-hybridized carbons (Fsp3) is 0.529. The van der Waals surface area contributed by atoms with Gasteiger partial charge in [-0.1, -0.05) is 36.4 Å². The van der Waals surface area contributed by atoms with Crippen LogP contribution >= 0.6 is 0 Å². The second kappa shape index (κ2) is 6.85. The van der Waals surface area contributed by atoms with E-state index in [2.05, 4.69) is 46.4 Å². The van der Waals surface area contributed by atoms with E-state index in [1.165, 1.54) is 37.1 Å². The SMILES string of the molecule is CCc1cccc(CN2CCC(Cn3ccnn3)CC2)c1. The van der Waals surface area contributed by atoms with Crippen LogP contribution in [0.25, 0.3) is 0 Å². The van der Waals surface area contributed by atoms with Gasteiger partial charge in [-0.15, -0.1) is 5.10 Å². The fourth-order valence-corrected chi connectivity index (χ4v) is 3.13. The third-order valence-electron chi connectivity index (χ3n) is 4.43. The van der Waals surface area contributed by atoms with Gasteiger partial charge in [-0.3, -0.25) is 9.58 Å². The van der Waals surface area contributed by atoms with E-state index in [1.807, 2.05) is 10.9 Å². The summed E-state index contributed by atoms with van der Waals surface area (Å²) in [5.74, 6) is 0.741. The van der Waals surface area contributed by atoms with Crippen molar-refractivity contribution < 1.29 is 0 Å². The molecule has 2 aromatic rings. The molecule has 0 spiro atoms. The Morgan fingerprint density at radius 2 is 2.00 bits per heavy atom. The molecule has 3 rings (SSSR count). The molecule has 112 valence electrons. The Labute approximate surface area is 126 Å². The summed E-state index contributed by atoms with van der Waals surface area (Å²) < 4.78 is 1.96. The molecule has 1 aromatic heterocycles. The molecule has 1 saturated heterocycles. The molecule has 1 aliphatic heterocycles. The molecular formula is C17H24N4. The number of likely N-dealkylation sites (tertiary alicyclic amines) is 1. The van der Waals surface area contributed by atoms with Gasteiger partial charge >= 0.3 is 0 Å². The van der Waals surface area contributed by atoms with Gasteiger partial charge in [0.25, 0.3) is 0 Å². The molecule has 4 heteroatoms. The number of benzene rings is 1. The maximum absolute atomic E-state index is 4.07. The number of aromatic nitrogens is 3. The monoisotopic (exact) mass is 284 g/mol. The van der Waals surface area contributed by atoms with Crippen molar-refractivity contribution in [1.82, 2.24) is 19.9 Å². The van der Waals surface area contributed by atoms with E-state index in [-0.39, 0.29) is 0 Å². The lowest BCUT2D eigenvalue weighted by Gasteiger charge is -2.31. The summed E-state index contributed by atoms with van der Waals surface area (Å²) in [6, 6.07) is 9.00. The zero-order chi connectivity index (χ0) is 14.5. The number of hydrogen-bond donors (Lipinski definition) is 0. The number of piperidine rings is 1. The minimum Gasteiger partial charge on any atom is -0.299 e. The van der Waals surface area contributed by atoms with Crippen molar-refractivity contribution >= 4 is 0 Å². The van der Waals surface area contributed by atoms with Crippen LogP contribution in [0.5, 0.6) is 0 Å². The van der Waals surface area contributed by atoms with Crippen molar-refractivity contribution in [3.63, 3.8) is 0 Å². The number of rotatable bonds is 5. The van der Waals surface area contributed by atoms with E-state index in [4.69, 9.17) is 0 Å². The first-order chi connectivity index (χ1) is 10.3. The van der Waals surface area contributed by atoms with Crippen LogP contribution in [0.4, 0.5) is 0 Å². The zero-order valence-corrected chi connectivity index (χ0v) is 12.8. The van der Waals surface area contributed by atoms with E-state index < -0.39 is 0 Å². The molecule has 1 aliphatic rings. The van der Waals surface area contributed by atoms with Crippen molar-refractivity contribution in [2.45, 2.75) is 39.3 Å². The number of hydrogen-bond acceptors (Lipinski definition) is 3. The molecule has 0 N–H and O–H groups in total. The van der Waals surface area contributed by atoms with Crippen molar-refractivity contribution in [2.24, 2.45) is 5.92 Å². The maximum atomic E-state index is 4.07. The fourth-order valence-electron chi connectivity index (χ4n) is 3.13. The smallest absolute Gasteiger partial charge is 0.0692 e. The summed E-state index contributed by atoms with van der Waals surface area (Å²) in [5.41, 5.74) is 2.89. The molecule has 0 bridgehead atoms. The van der Waals surface area contributed by atoms with E-state index in [0.717, 1.165) is 25.4 Å². The van der Waals surface area contributed by atoms with Gasteiger partial charge in [-0.25, -0.2) is 0 Å². The first kappa shape index (κ1) is 14.3. The first-order valence-electron chi connectivity index (χ1n) is 7.97. The van der Waals surface area contributed by atoms with Crippen LogP contribution in [0.1, 0.15) is 30.9 Å². The molecule has 2 heterocycles. The Morgan fingerprint density at radius 1 is 1.19 bits per heavy atom. The van der Waals surface area contributed by atoms with Gasteiger partial charge in [-0.05, 0) is 49.4 Å². The Kier molecular flexibility index (Phi) is 4.65. The van der Waals surface area contributed by atoms with Gasteiger partial charge < -0.3 is 0 Å². The second-order valence-electron chi connectivity index (χ2n) is 6.02. The van der Waals surface area contributed by atoms with Gasteiger partial charge in [-0.2, -0.15) is 0 Å². The van der Waals surface area contributed by atoms with Crippen molar-refractivity contribution in [3.8, 4) is 0 Å². The lowest BCUT2D eigenvalue weighted by atomic mass is 9.96. The highest BCUT2D eigenvalue weighted by Gasteiger charge is 2.19. The van der Waals surface area contributed by atoms with Crippen molar-refractivity contribution in [1.29, 1.82) is 0 Å². The highest BCUT2D eigenvalue weighted by Crippen LogP contribution is 2.20. The summed E-state index contributed by atoms with van der Waals surface area (Å²) in [6.07, 6.45) is 7.35. The Hall–Kier alpha value is -1.68. The largest absolute Gasteiger partial charge is 0.299 e. The first-order valence-corrected chi connectivity index (χ1v) is 7.97. The van der Waals surface area contributed by atoms with Crippen LogP contribution in [0.15, 0.2) is 36.7 Å². The zero-order valence-electron chi connectivity index (χ0n) is 12.8. The minimum absolute atomic E-state index is 0.741. The molecule has 0 aliphatic carbocycles. The molecule has 0 amide bonds. The van der Waals surface area contributed by atoms with Crippen LogP contribution in [-0.2, 0) is 19.5 Å². The highest BCUT2D eigenvalue weighted by molar-refractivity contribution is 5.23. The Morgan fingerprint density at radius 3 is 2.71 bits per heavy atom. The quantitative estimate of drug-likeness (QED) is 0.846. The minimum atomic E-state index is 0.741. The van der Waals surface area contributed by atoms with Crippen LogP contribution in [0.3, 0.4) is 0 Å². The molecule has 1 aromatic carbocycles. The average molecular weight is 284 g/mol. The predicted molar refractivity (Wildman–Crippen MR) is 83.8 cm³/mol. The summed E-state index contributed by atoms with van der Waals surface area (Å²) in [6.45, 7) is 6.70. The van der Waals surface area contributed by atoms with Gasteiger partial charge in [0, 0.05) is 19.3 Å². The van der Waals surface area contributed by atoms with Crippen LogP contribution in [0, 0.1) is 5.92 Å². The lowest BCUT2D eigenvalue weighted by molar-refractivity contribution is 0.164. The van der Waals surface area contributed by atoms with Gasteiger partial charge in [0.1, 0.15) is 0 Å². The standard InChI is InChI=1S/C17H24N4/c1-2-15-4-3-5-17(12-15)13-20-9-6-16(7-10-20)14-21-11-8-18-19-21/h3-5,8,11-12,16H,2,6-7,9-10,13-14H2,1H3. The van der Waals surface area contributed by atoms with Crippen LogP contribution in [0.2, 0.25) is 0 Å². The van der Waals surface area contributed by atoms with Gasteiger partial charge in [0.15, 0.2) is 0 Å². The molecule has 0 unspecified atom stereocenters. The average Bonchev–Trinajstić information content (AvgIpc) is 3.02. The molecule has 1 fully saturated rings. The maximum Gasteiger partial charge on any atom is 0.0692 e. The highest BCUT2D eigenvalue weighted by atomic mass is 15.4. The predicted octanol–water partition coefficient (Wildman–Crippen LogP) is 2.75. The van der Waals surface area contributed by atoms with Crippen LogP contribution < -0.4 is 0 Å². The third kappa shape index (κ3) is 3.91. The van der Waals surface area contributed by atoms with E-state index in [1.54, 1.807) is 6.20 Å². The lowest BCUT2D eigenvalue weighted by Crippen LogP contribution is -2.34. The topological polar surface area (TPSA) is 34.0 Å². The number of aryl methyl sites for hydroxylation is 1. The molecular weight excluding hydrogens is 260 g/mol. The van der Waals surface area contributed by atoms with Gasteiger partial charge in [0.2, 0.25) is 0 Å². The molecule has 4 nitrogen and oxygen atoms in total. The van der Waals surface area contributed by atoms with E-state index >= 15 is 0 Å².